The number of ether oxygens (including phenoxy) is 2. The molecule has 0 aliphatic rings. The zero-order chi connectivity index (χ0) is 22.7. The molecule has 1 heterocycles. The van der Waals surface area contributed by atoms with E-state index in [4.69, 9.17) is 9.47 Å². The third-order valence-electron chi connectivity index (χ3n) is 4.51. The molecule has 2 aromatic carbocycles. The summed E-state index contributed by atoms with van der Waals surface area (Å²) in [7, 11) is 1.28. The number of hydrogen-bond donors (Lipinski definition) is 2. The minimum absolute atomic E-state index is 0.243. The molecular formula is C22H21BrN2O5S. The van der Waals surface area contributed by atoms with E-state index < -0.39 is 12.1 Å². The molecule has 0 aliphatic carbocycles. The Bertz CT molecular complexity index is 1170. The molecule has 3 rings (SSSR count). The second-order valence-corrected chi connectivity index (χ2v) is 8.67. The molecule has 0 radical (unpaired) electrons. The van der Waals surface area contributed by atoms with E-state index in [-0.39, 0.29) is 17.4 Å². The van der Waals surface area contributed by atoms with Crippen molar-refractivity contribution in [3.05, 3.63) is 52.0 Å². The number of nitrogens with one attached hydrogen (secondary N) is 2. The number of benzene rings is 2. The molecule has 1 unspecified atom stereocenters. The third kappa shape index (κ3) is 4.88. The summed E-state index contributed by atoms with van der Waals surface area (Å²) in [5, 5.41) is 6.45. The summed E-state index contributed by atoms with van der Waals surface area (Å²) in [5.74, 6) is -0.806. The molecular weight excluding hydrogens is 484 g/mol. The molecule has 0 bridgehead atoms. The average molecular weight is 505 g/mol. The van der Waals surface area contributed by atoms with Crippen molar-refractivity contribution in [3.8, 4) is 5.75 Å². The van der Waals surface area contributed by atoms with Crippen molar-refractivity contribution >= 4 is 65.8 Å². The lowest BCUT2D eigenvalue weighted by molar-refractivity contribution is -0.122. The van der Waals surface area contributed by atoms with Gasteiger partial charge in [0.25, 0.3) is 5.91 Å². The van der Waals surface area contributed by atoms with Crippen LogP contribution in [-0.2, 0) is 14.3 Å². The summed E-state index contributed by atoms with van der Waals surface area (Å²) in [5.41, 5.74) is 1.89. The quantitative estimate of drug-likeness (QED) is 0.454. The Kier molecular flexibility index (Phi) is 6.97. The van der Waals surface area contributed by atoms with Gasteiger partial charge in [-0.25, -0.2) is 4.79 Å². The highest BCUT2D eigenvalue weighted by molar-refractivity contribution is 9.10. The van der Waals surface area contributed by atoms with Crippen LogP contribution in [-0.4, -0.2) is 31.0 Å². The Morgan fingerprint density at radius 1 is 1.10 bits per heavy atom. The fourth-order valence-corrected chi connectivity index (χ4v) is 4.73. The maximum atomic E-state index is 12.7. The largest absolute Gasteiger partial charge is 0.478 e. The molecule has 0 spiro atoms. The van der Waals surface area contributed by atoms with Crippen molar-refractivity contribution in [2.45, 2.75) is 26.9 Å². The number of para-hydroxylation sites is 1. The fourth-order valence-electron chi connectivity index (χ4n) is 2.95. The molecule has 0 fully saturated rings. The first kappa shape index (κ1) is 22.8. The summed E-state index contributed by atoms with van der Waals surface area (Å²) >= 11 is 4.64. The number of rotatable bonds is 6. The Morgan fingerprint density at radius 2 is 1.81 bits per heavy atom. The number of carbonyl (C=O) groups excluding carboxylic acids is 3. The zero-order valence-electron chi connectivity index (χ0n) is 17.4. The number of esters is 1. The van der Waals surface area contributed by atoms with Crippen molar-refractivity contribution < 1.29 is 23.9 Å². The molecule has 2 N–H and O–H groups in total. The van der Waals surface area contributed by atoms with Crippen LogP contribution in [0.3, 0.4) is 0 Å². The van der Waals surface area contributed by atoms with Crippen molar-refractivity contribution in [1.82, 2.24) is 0 Å². The van der Waals surface area contributed by atoms with Gasteiger partial charge in [0.15, 0.2) is 11.9 Å². The molecule has 1 atom stereocenters. The van der Waals surface area contributed by atoms with Crippen molar-refractivity contribution in [1.29, 1.82) is 0 Å². The number of methoxy groups -OCH3 is 1. The molecule has 9 heteroatoms. The summed E-state index contributed by atoms with van der Waals surface area (Å²) < 4.78 is 12.1. The lowest BCUT2D eigenvalue weighted by atomic mass is 10.1. The number of carbonyl (C=O) groups is 3. The predicted molar refractivity (Wildman–Crippen MR) is 125 cm³/mol. The van der Waals surface area contributed by atoms with Gasteiger partial charge in [0.1, 0.15) is 10.6 Å². The van der Waals surface area contributed by atoms with Crippen LogP contribution in [0, 0.1) is 6.92 Å². The molecule has 2 amide bonds. The monoisotopic (exact) mass is 504 g/mol. The first-order valence-electron chi connectivity index (χ1n) is 9.37. The van der Waals surface area contributed by atoms with Gasteiger partial charge in [0.05, 0.1) is 16.3 Å². The Hall–Kier alpha value is -2.91. The number of aryl methyl sites for hydroxylation is 1. The van der Waals surface area contributed by atoms with Crippen molar-refractivity contribution in [2.24, 2.45) is 0 Å². The highest BCUT2D eigenvalue weighted by Gasteiger charge is 2.25. The normalized spacial score (nSPS) is 11.6. The smallest absolute Gasteiger partial charge is 0.341 e. The van der Waals surface area contributed by atoms with E-state index in [9.17, 15) is 14.4 Å². The van der Waals surface area contributed by atoms with Gasteiger partial charge in [0.2, 0.25) is 5.91 Å². The lowest BCUT2D eigenvalue weighted by Crippen LogP contribution is -2.30. The van der Waals surface area contributed by atoms with Crippen LogP contribution < -0.4 is 15.4 Å². The first-order chi connectivity index (χ1) is 14.7. The number of halogens is 1. The van der Waals surface area contributed by atoms with E-state index in [0.717, 1.165) is 5.56 Å². The first-order valence-corrected chi connectivity index (χ1v) is 11.0. The summed E-state index contributed by atoms with van der Waals surface area (Å²) in [6.07, 6.45) is -0.825. The van der Waals surface area contributed by atoms with Crippen LogP contribution in [0.4, 0.5) is 10.7 Å². The van der Waals surface area contributed by atoms with E-state index in [2.05, 4.69) is 26.6 Å². The van der Waals surface area contributed by atoms with Crippen LogP contribution in [0.1, 0.15) is 29.8 Å². The minimum Gasteiger partial charge on any atom is -0.478 e. The molecule has 0 saturated heterocycles. The standard InChI is InChI=1S/C22H21BrN2O5S/c1-11-7-5-6-8-16(11)25-20(27)12(2)30-18-15(23)10-9-14-17(22(28)29-4)21(24-13(3)26)31-19(14)18/h5-10,12H,1-4H3,(H,24,26)(H,25,27). The van der Waals surface area contributed by atoms with Gasteiger partial charge in [-0.05, 0) is 47.5 Å². The topological polar surface area (TPSA) is 93.7 Å². The second kappa shape index (κ2) is 9.49. The van der Waals surface area contributed by atoms with E-state index >= 15 is 0 Å². The highest BCUT2D eigenvalue weighted by atomic mass is 79.9. The maximum Gasteiger partial charge on any atom is 0.341 e. The van der Waals surface area contributed by atoms with Crippen molar-refractivity contribution in [2.75, 3.05) is 17.7 Å². The van der Waals surface area contributed by atoms with Gasteiger partial charge in [-0.15, -0.1) is 11.3 Å². The van der Waals surface area contributed by atoms with Gasteiger partial charge in [-0.1, -0.05) is 24.3 Å². The lowest BCUT2D eigenvalue weighted by Gasteiger charge is -2.17. The average Bonchev–Trinajstić information content (AvgIpc) is 3.08. The third-order valence-corrected chi connectivity index (χ3v) is 6.25. The van der Waals surface area contributed by atoms with Gasteiger partial charge in [-0.2, -0.15) is 0 Å². The molecule has 3 aromatic rings. The number of hydrogen-bond acceptors (Lipinski definition) is 6. The van der Waals surface area contributed by atoms with Crippen LogP contribution >= 0.6 is 27.3 Å². The maximum absolute atomic E-state index is 12.7. The van der Waals surface area contributed by atoms with E-state index in [1.165, 1.54) is 25.4 Å². The molecule has 1 aromatic heterocycles. The number of amides is 2. The molecule has 0 saturated carbocycles. The zero-order valence-corrected chi connectivity index (χ0v) is 19.8. The molecule has 0 aliphatic heterocycles. The Morgan fingerprint density at radius 3 is 2.45 bits per heavy atom. The van der Waals surface area contributed by atoms with Gasteiger partial charge in [-0.3, -0.25) is 9.59 Å². The number of thiophene rings is 1. The SMILES string of the molecule is COC(=O)c1c(NC(C)=O)sc2c(OC(C)C(=O)Nc3ccccc3C)c(Br)ccc12. The highest BCUT2D eigenvalue weighted by Crippen LogP contribution is 2.45. The minimum atomic E-state index is -0.825. The molecule has 31 heavy (non-hydrogen) atoms. The Labute approximate surface area is 191 Å². The van der Waals surface area contributed by atoms with E-state index in [1.54, 1.807) is 19.1 Å². The van der Waals surface area contributed by atoms with Crippen molar-refractivity contribution in [3.63, 3.8) is 0 Å². The van der Waals surface area contributed by atoms with Gasteiger partial charge >= 0.3 is 5.97 Å². The summed E-state index contributed by atoms with van der Waals surface area (Å²) in [4.78, 5) is 36.7. The van der Waals surface area contributed by atoms with Crippen LogP contribution in [0.15, 0.2) is 40.9 Å². The molecule has 162 valence electrons. The van der Waals surface area contributed by atoms with Crippen LogP contribution in [0.5, 0.6) is 5.75 Å². The van der Waals surface area contributed by atoms with Gasteiger partial charge in [0, 0.05) is 18.0 Å². The summed E-state index contributed by atoms with van der Waals surface area (Å²) in [6.45, 7) is 4.90. The number of fused-ring (bicyclic) bond motifs is 1. The van der Waals surface area contributed by atoms with Gasteiger partial charge < -0.3 is 20.1 Å². The fraction of sp³-hybridized carbons (Fsp3) is 0.227. The van der Waals surface area contributed by atoms with Crippen LogP contribution in [0.2, 0.25) is 0 Å². The number of anilines is 2. The molecule has 7 nitrogen and oxygen atoms in total. The summed E-state index contributed by atoms with van der Waals surface area (Å²) in [6, 6.07) is 10.9. The predicted octanol–water partition coefficient (Wildman–Crippen LogP) is 5.12. The Balaban J connectivity index is 1.97. The van der Waals surface area contributed by atoms with Crippen LogP contribution in [0.25, 0.3) is 10.1 Å². The second-order valence-electron chi connectivity index (χ2n) is 6.80. The van der Waals surface area contributed by atoms with E-state index in [1.807, 2.05) is 31.2 Å². The van der Waals surface area contributed by atoms with E-state index in [0.29, 0.717) is 31.0 Å².